The van der Waals surface area contributed by atoms with Gasteiger partial charge in [0.25, 0.3) is 0 Å². The Labute approximate surface area is 141 Å². The van der Waals surface area contributed by atoms with Crippen molar-refractivity contribution < 1.29 is 14.4 Å². The zero-order valence-corrected chi connectivity index (χ0v) is 13.4. The van der Waals surface area contributed by atoms with E-state index in [1.54, 1.807) is 4.90 Å². The summed E-state index contributed by atoms with van der Waals surface area (Å²) in [6.45, 7) is 3.14. The van der Waals surface area contributed by atoms with Crippen molar-refractivity contribution in [1.82, 2.24) is 9.80 Å². The average molecular weight is 325 g/mol. The van der Waals surface area contributed by atoms with Gasteiger partial charge < -0.3 is 14.5 Å². The van der Waals surface area contributed by atoms with Gasteiger partial charge in [0, 0.05) is 25.2 Å². The third kappa shape index (κ3) is 2.83. The van der Waals surface area contributed by atoms with Gasteiger partial charge in [0.15, 0.2) is 0 Å². The molecule has 124 valence electrons. The Morgan fingerprint density at radius 3 is 2.71 bits per heavy atom. The molecule has 3 heterocycles. The minimum Gasteiger partial charge on any atom is -0.378 e. The molecule has 24 heavy (non-hydrogen) atoms. The number of oxime groups is 1. The van der Waals surface area contributed by atoms with E-state index in [1.165, 1.54) is 0 Å². The van der Waals surface area contributed by atoms with Crippen LogP contribution in [0, 0.1) is 17.8 Å². The second kappa shape index (κ2) is 6.54. The molecule has 0 spiro atoms. The van der Waals surface area contributed by atoms with Gasteiger partial charge in [0.2, 0.25) is 6.23 Å². The third-order valence-corrected chi connectivity index (χ3v) is 4.58. The number of fused-ring (bicyclic) bond motifs is 1. The van der Waals surface area contributed by atoms with E-state index in [0.717, 1.165) is 17.7 Å². The van der Waals surface area contributed by atoms with Crippen LogP contribution in [0.2, 0.25) is 0 Å². The molecule has 0 aromatic heterocycles. The van der Waals surface area contributed by atoms with Crippen LogP contribution >= 0.6 is 0 Å². The minimum atomic E-state index is -0.319. The molecule has 6 heteroatoms. The van der Waals surface area contributed by atoms with E-state index in [-0.39, 0.29) is 18.2 Å². The van der Waals surface area contributed by atoms with Crippen molar-refractivity contribution in [1.29, 1.82) is 0 Å². The Morgan fingerprint density at radius 2 is 1.92 bits per heavy atom. The van der Waals surface area contributed by atoms with Gasteiger partial charge in [-0.2, -0.15) is 0 Å². The molecule has 3 aliphatic heterocycles. The Hall–Kier alpha value is -2.52. The predicted octanol–water partition coefficient (Wildman–Crippen LogP) is 1.52. The summed E-state index contributed by atoms with van der Waals surface area (Å²) in [6, 6.07) is 9.81. The van der Waals surface area contributed by atoms with Gasteiger partial charge in [-0.15, -0.1) is 0 Å². The van der Waals surface area contributed by atoms with Crippen molar-refractivity contribution in [2.45, 2.75) is 12.6 Å². The fourth-order valence-corrected chi connectivity index (χ4v) is 3.26. The maximum Gasteiger partial charge on any atom is 0.323 e. The smallest absolute Gasteiger partial charge is 0.323 e. The average Bonchev–Trinajstić information content (AvgIpc) is 3.23. The molecule has 6 nitrogen and oxygen atoms in total. The van der Waals surface area contributed by atoms with Crippen molar-refractivity contribution in [2.75, 3.05) is 32.8 Å². The number of carbonyl (C=O) groups is 1. The first-order valence-electron chi connectivity index (χ1n) is 8.27. The molecule has 4 rings (SSSR count). The largest absolute Gasteiger partial charge is 0.378 e. The summed E-state index contributed by atoms with van der Waals surface area (Å²) in [5.41, 5.74) is 1.68. The summed E-state index contributed by atoms with van der Waals surface area (Å²) in [6.07, 6.45) is 0.517. The number of ether oxygens (including phenoxy) is 1. The molecule has 0 aliphatic carbocycles. The topological polar surface area (TPSA) is 54.4 Å². The number of amides is 2. The summed E-state index contributed by atoms with van der Waals surface area (Å²) in [7, 11) is 0. The van der Waals surface area contributed by atoms with E-state index in [1.807, 2.05) is 35.2 Å². The quantitative estimate of drug-likeness (QED) is 0.680. The van der Waals surface area contributed by atoms with Gasteiger partial charge in [-0.1, -0.05) is 29.3 Å². The van der Waals surface area contributed by atoms with E-state index in [4.69, 9.17) is 9.57 Å². The lowest BCUT2D eigenvalue weighted by molar-refractivity contribution is -0.0226. The summed E-state index contributed by atoms with van der Waals surface area (Å²) >= 11 is 0. The van der Waals surface area contributed by atoms with Crippen LogP contribution in [0.25, 0.3) is 0 Å². The maximum absolute atomic E-state index is 12.7. The second-order valence-corrected chi connectivity index (χ2v) is 6.06. The normalized spacial score (nSPS) is 25.4. The SMILES string of the molecule is O=C(N1CCOCC1)N1CCC2C(C#Cc3ccccc3)=NOC21. The lowest BCUT2D eigenvalue weighted by Crippen LogP contribution is -2.50. The highest BCUT2D eigenvalue weighted by Crippen LogP contribution is 2.32. The molecule has 0 radical (unpaired) electrons. The highest BCUT2D eigenvalue weighted by molar-refractivity contribution is 6.03. The highest BCUT2D eigenvalue weighted by Gasteiger charge is 2.46. The summed E-state index contributed by atoms with van der Waals surface area (Å²) in [5, 5.41) is 4.12. The maximum atomic E-state index is 12.7. The molecule has 3 aliphatic rings. The molecule has 0 saturated carbocycles. The lowest BCUT2D eigenvalue weighted by Gasteiger charge is -2.32. The first-order valence-corrected chi connectivity index (χ1v) is 8.27. The van der Waals surface area contributed by atoms with Gasteiger partial charge in [-0.3, -0.25) is 4.90 Å². The second-order valence-electron chi connectivity index (χ2n) is 6.06. The Bertz CT molecular complexity index is 701. The van der Waals surface area contributed by atoms with Gasteiger partial charge in [-0.05, 0) is 24.5 Å². The predicted molar refractivity (Wildman–Crippen MR) is 88.2 cm³/mol. The van der Waals surface area contributed by atoms with Crippen molar-refractivity contribution in [3.63, 3.8) is 0 Å². The summed E-state index contributed by atoms with van der Waals surface area (Å²) in [4.78, 5) is 21.8. The molecule has 1 aromatic rings. The van der Waals surface area contributed by atoms with E-state index >= 15 is 0 Å². The molecule has 1 aromatic carbocycles. The van der Waals surface area contributed by atoms with Crippen LogP contribution in [0.1, 0.15) is 12.0 Å². The minimum absolute atomic E-state index is 0.0123. The number of morpholine rings is 1. The Balaban J connectivity index is 1.43. The summed E-state index contributed by atoms with van der Waals surface area (Å²) < 4.78 is 5.31. The van der Waals surface area contributed by atoms with E-state index in [0.29, 0.717) is 32.8 Å². The molecule has 0 bridgehead atoms. The molecular formula is C18H19N3O3. The molecule has 2 amide bonds. The zero-order chi connectivity index (χ0) is 16.4. The van der Waals surface area contributed by atoms with Gasteiger partial charge >= 0.3 is 6.03 Å². The highest BCUT2D eigenvalue weighted by atomic mass is 16.7. The molecule has 2 atom stereocenters. The number of hydrogen-bond acceptors (Lipinski definition) is 4. The number of rotatable bonds is 0. The van der Waals surface area contributed by atoms with Crippen molar-refractivity contribution in [2.24, 2.45) is 11.1 Å². The van der Waals surface area contributed by atoms with Gasteiger partial charge in [0.05, 0.1) is 19.1 Å². The number of likely N-dealkylation sites (tertiary alicyclic amines) is 1. The van der Waals surface area contributed by atoms with Gasteiger partial charge in [0.1, 0.15) is 5.71 Å². The van der Waals surface area contributed by atoms with Crippen LogP contribution in [0.15, 0.2) is 35.5 Å². The van der Waals surface area contributed by atoms with Crippen molar-refractivity contribution >= 4 is 11.7 Å². The van der Waals surface area contributed by atoms with Crippen LogP contribution in [0.4, 0.5) is 4.79 Å². The van der Waals surface area contributed by atoms with Crippen LogP contribution in [0.5, 0.6) is 0 Å². The first kappa shape index (κ1) is 15.0. The van der Waals surface area contributed by atoms with Crippen LogP contribution in [-0.2, 0) is 9.57 Å². The molecule has 2 saturated heterocycles. The fraction of sp³-hybridized carbons (Fsp3) is 0.444. The van der Waals surface area contributed by atoms with E-state index in [2.05, 4.69) is 17.0 Å². The van der Waals surface area contributed by atoms with Crippen LogP contribution < -0.4 is 0 Å². The van der Waals surface area contributed by atoms with E-state index < -0.39 is 0 Å². The Morgan fingerprint density at radius 1 is 1.12 bits per heavy atom. The lowest BCUT2D eigenvalue weighted by atomic mass is 10.0. The van der Waals surface area contributed by atoms with Crippen molar-refractivity contribution in [3.05, 3.63) is 35.9 Å². The third-order valence-electron chi connectivity index (χ3n) is 4.58. The van der Waals surface area contributed by atoms with Crippen LogP contribution in [0.3, 0.4) is 0 Å². The Kier molecular flexibility index (Phi) is 4.09. The molecule has 0 N–H and O–H groups in total. The van der Waals surface area contributed by atoms with Gasteiger partial charge in [-0.25, -0.2) is 4.79 Å². The van der Waals surface area contributed by atoms with Crippen LogP contribution in [-0.4, -0.2) is 60.6 Å². The van der Waals surface area contributed by atoms with E-state index in [9.17, 15) is 4.79 Å². The molecule has 2 fully saturated rings. The number of benzene rings is 1. The zero-order valence-electron chi connectivity index (χ0n) is 13.4. The standard InChI is InChI=1S/C18H19N3O3/c22-18(20-10-12-23-13-11-20)21-9-8-15-16(19-24-17(15)21)7-6-14-4-2-1-3-5-14/h1-5,15,17H,8-13H2. The fourth-order valence-electron chi connectivity index (χ4n) is 3.26. The molecular weight excluding hydrogens is 306 g/mol. The first-order chi connectivity index (χ1) is 11.8. The monoisotopic (exact) mass is 325 g/mol. The van der Waals surface area contributed by atoms with Crippen molar-refractivity contribution in [3.8, 4) is 11.8 Å². The summed E-state index contributed by atoms with van der Waals surface area (Å²) in [5.74, 6) is 6.30. The number of urea groups is 1. The number of hydrogen-bond donors (Lipinski definition) is 0. The molecule has 2 unspecified atom stereocenters. The number of nitrogens with zero attached hydrogens (tertiary/aromatic N) is 3. The number of carbonyl (C=O) groups excluding carboxylic acids is 1.